The van der Waals surface area contributed by atoms with E-state index in [0.29, 0.717) is 5.69 Å². The number of hydrogen-bond donors (Lipinski definition) is 1. The number of halogens is 3. The molecule has 0 saturated carbocycles. The first kappa shape index (κ1) is 12.8. The Hall–Kier alpha value is -1.30. The van der Waals surface area contributed by atoms with Crippen LogP contribution in [0.2, 0.25) is 0 Å². The van der Waals surface area contributed by atoms with Crippen LogP contribution >= 0.6 is 0 Å². The summed E-state index contributed by atoms with van der Waals surface area (Å²) in [5.74, 6) is -1.84. The number of aromatic nitrogens is 1. The highest BCUT2D eigenvalue weighted by atomic mass is 19.4. The summed E-state index contributed by atoms with van der Waals surface area (Å²) in [6.07, 6.45) is -4.86. The van der Waals surface area contributed by atoms with Crippen molar-refractivity contribution in [3.8, 4) is 0 Å². The molecule has 1 heterocycles. The molecule has 1 aromatic heterocycles. The topological polar surface area (TPSA) is 42.2 Å². The van der Waals surface area contributed by atoms with Gasteiger partial charge in [-0.25, -0.2) is 0 Å². The Bertz CT molecular complexity index is 407. The molecule has 0 aromatic carbocycles. The summed E-state index contributed by atoms with van der Waals surface area (Å²) >= 11 is 0. The quantitative estimate of drug-likeness (QED) is 0.812. The Morgan fingerprint density at radius 3 is 2.44 bits per heavy atom. The van der Waals surface area contributed by atoms with Crippen LogP contribution in [0.5, 0.6) is 0 Å². The number of aryl methyl sites for hydroxylation is 1. The molecule has 0 aliphatic heterocycles. The lowest BCUT2D eigenvalue weighted by Crippen LogP contribution is -2.23. The van der Waals surface area contributed by atoms with Gasteiger partial charge in [0.05, 0.1) is 6.61 Å². The average molecular weight is 235 g/mol. The fourth-order valence-corrected chi connectivity index (χ4v) is 1.63. The van der Waals surface area contributed by atoms with E-state index in [9.17, 15) is 18.0 Å². The van der Waals surface area contributed by atoms with E-state index in [-0.39, 0.29) is 24.4 Å². The van der Waals surface area contributed by atoms with Gasteiger partial charge in [-0.3, -0.25) is 4.79 Å². The van der Waals surface area contributed by atoms with Gasteiger partial charge in [0, 0.05) is 23.5 Å². The number of aliphatic hydroxyl groups is 1. The summed E-state index contributed by atoms with van der Waals surface area (Å²) in [7, 11) is 0. The van der Waals surface area contributed by atoms with Crippen molar-refractivity contribution in [3.05, 3.63) is 23.0 Å². The summed E-state index contributed by atoms with van der Waals surface area (Å²) < 4.78 is 38.2. The van der Waals surface area contributed by atoms with Crippen LogP contribution in [-0.2, 0) is 6.54 Å². The third-order valence-electron chi connectivity index (χ3n) is 2.40. The van der Waals surface area contributed by atoms with Crippen molar-refractivity contribution in [2.75, 3.05) is 6.61 Å². The van der Waals surface area contributed by atoms with E-state index in [0.717, 1.165) is 0 Å². The molecule has 0 saturated heterocycles. The zero-order chi connectivity index (χ0) is 12.5. The Kier molecular flexibility index (Phi) is 3.42. The zero-order valence-corrected chi connectivity index (χ0v) is 8.93. The second kappa shape index (κ2) is 4.29. The molecule has 6 heteroatoms. The lowest BCUT2D eigenvalue weighted by Gasteiger charge is -2.08. The highest BCUT2D eigenvalue weighted by Crippen LogP contribution is 2.25. The average Bonchev–Trinajstić information content (AvgIpc) is 2.43. The molecule has 0 radical (unpaired) electrons. The standard InChI is InChI=1S/C10H12F3NO2/c1-6-5-8(9(16)10(11,12)13)7(2)14(6)3-4-15/h5,15H,3-4H2,1-2H3. The predicted molar refractivity (Wildman–Crippen MR) is 51.4 cm³/mol. The first-order chi connectivity index (χ1) is 7.29. The number of aliphatic hydroxyl groups excluding tert-OH is 1. The molecule has 16 heavy (non-hydrogen) atoms. The van der Waals surface area contributed by atoms with Crippen molar-refractivity contribution in [2.45, 2.75) is 26.6 Å². The van der Waals surface area contributed by atoms with Gasteiger partial charge in [-0.05, 0) is 19.9 Å². The normalized spacial score (nSPS) is 11.9. The van der Waals surface area contributed by atoms with Crippen molar-refractivity contribution in [2.24, 2.45) is 0 Å². The van der Waals surface area contributed by atoms with Crippen LogP contribution < -0.4 is 0 Å². The SMILES string of the molecule is Cc1cc(C(=O)C(F)(F)F)c(C)n1CCO. The minimum absolute atomic E-state index is 0.183. The maximum Gasteiger partial charge on any atom is 0.454 e. The van der Waals surface area contributed by atoms with Gasteiger partial charge in [0.1, 0.15) is 0 Å². The molecule has 1 N–H and O–H groups in total. The van der Waals surface area contributed by atoms with Crippen molar-refractivity contribution < 1.29 is 23.1 Å². The van der Waals surface area contributed by atoms with Gasteiger partial charge >= 0.3 is 6.18 Å². The summed E-state index contributed by atoms with van der Waals surface area (Å²) in [4.78, 5) is 11.1. The van der Waals surface area contributed by atoms with Gasteiger partial charge in [0.2, 0.25) is 0 Å². The molecule has 0 aliphatic rings. The summed E-state index contributed by atoms with van der Waals surface area (Å²) in [6, 6.07) is 1.20. The number of nitrogens with zero attached hydrogens (tertiary/aromatic N) is 1. The highest BCUT2D eigenvalue weighted by Gasteiger charge is 2.40. The number of Topliss-reactive ketones (excluding diaryl/α,β-unsaturated/α-hetero) is 1. The number of carbonyl (C=O) groups excluding carboxylic acids is 1. The molecule has 0 spiro atoms. The van der Waals surface area contributed by atoms with Crippen LogP contribution in [-0.4, -0.2) is 28.2 Å². The van der Waals surface area contributed by atoms with Crippen LogP contribution in [0.1, 0.15) is 21.7 Å². The largest absolute Gasteiger partial charge is 0.454 e. The van der Waals surface area contributed by atoms with Crippen molar-refractivity contribution in [3.63, 3.8) is 0 Å². The second-order valence-electron chi connectivity index (χ2n) is 3.49. The fourth-order valence-electron chi connectivity index (χ4n) is 1.63. The zero-order valence-electron chi connectivity index (χ0n) is 8.93. The van der Waals surface area contributed by atoms with Crippen molar-refractivity contribution in [1.29, 1.82) is 0 Å². The molecule has 0 bridgehead atoms. The molecule has 0 unspecified atom stereocenters. The second-order valence-corrected chi connectivity index (χ2v) is 3.49. The Labute approximate surface area is 90.5 Å². The third kappa shape index (κ3) is 2.27. The first-order valence-electron chi connectivity index (χ1n) is 4.68. The van der Waals surface area contributed by atoms with E-state index in [1.54, 1.807) is 6.92 Å². The Balaban J connectivity index is 3.17. The lowest BCUT2D eigenvalue weighted by molar-refractivity contribution is -0.0885. The monoisotopic (exact) mass is 235 g/mol. The summed E-state index contributed by atoms with van der Waals surface area (Å²) in [6.45, 7) is 3.02. The van der Waals surface area contributed by atoms with E-state index in [2.05, 4.69) is 0 Å². The number of carbonyl (C=O) groups is 1. The Morgan fingerprint density at radius 2 is 2.00 bits per heavy atom. The summed E-state index contributed by atoms with van der Waals surface area (Å²) in [5.41, 5.74) is 0.409. The van der Waals surface area contributed by atoms with E-state index in [1.165, 1.54) is 17.6 Å². The van der Waals surface area contributed by atoms with E-state index in [1.807, 2.05) is 0 Å². The molecule has 0 amide bonds. The molecule has 0 fully saturated rings. The van der Waals surface area contributed by atoms with Crippen LogP contribution in [0.15, 0.2) is 6.07 Å². The number of hydrogen-bond acceptors (Lipinski definition) is 2. The van der Waals surface area contributed by atoms with Gasteiger partial charge in [-0.1, -0.05) is 0 Å². The third-order valence-corrected chi connectivity index (χ3v) is 2.40. The molecular weight excluding hydrogens is 223 g/mol. The molecule has 3 nitrogen and oxygen atoms in total. The maximum atomic E-state index is 12.2. The number of rotatable bonds is 3. The maximum absolute atomic E-state index is 12.2. The van der Waals surface area contributed by atoms with E-state index < -0.39 is 12.0 Å². The van der Waals surface area contributed by atoms with Gasteiger partial charge in [-0.2, -0.15) is 13.2 Å². The van der Waals surface area contributed by atoms with Gasteiger partial charge in [0.25, 0.3) is 5.78 Å². The van der Waals surface area contributed by atoms with Crippen LogP contribution in [0.4, 0.5) is 13.2 Å². The predicted octanol–water partition coefficient (Wildman–Crippen LogP) is 1.84. The minimum Gasteiger partial charge on any atom is -0.395 e. The van der Waals surface area contributed by atoms with E-state index >= 15 is 0 Å². The fraction of sp³-hybridized carbons (Fsp3) is 0.500. The first-order valence-corrected chi connectivity index (χ1v) is 4.68. The summed E-state index contributed by atoms with van der Waals surface area (Å²) in [5, 5.41) is 8.75. The number of alkyl halides is 3. The molecule has 0 atom stereocenters. The molecule has 0 aliphatic carbocycles. The van der Waals surface area contributed by atoms with Gasteiger partial charge in [0.15, 0.2) is 0 Å². The molecule has 90 valence electrons. The minimum atomic E-state index is -4.86. The molecule has 1 aromatic rings. The van der Waals surface area contributed by atoms with Crippen LogP contribution in [0, 0.1) is 13.8 Å². The lowest BCUT2D eigenvalue weighted by atomic mass is 10.1. The van der Waals surface area contributed by atoms with Gasteiger partial charge < -0.3 is 9.67 Å². The highest BCUT2D eigenvalue weighted by molar-refractivity contribution is 6.01. The molecular formula is C10H12F3NO2. The Morgan fingerprint density at radius 1 is 1.44 bits per heavy atom. The molecule has 1 rings (SSSR count). The van der Waals surface area contributed by atoms with Crippen LogP contribution in [0.3, 0.4) is 0 Å². The van der Waals surface area contributed by atoms with E-state index in [4.69, 9.17) is 5.11 Å². The van der Waals surface area contributed by atoms with Crippen LogP contribution in [0.25, 0.3) is 0 Å². The van der Waals surface area contributed by atoms with Crippen molar-refractivity contribution >= 4 is 5.78 Å². The van der Waals surface area contributed by atoms with Crippen molar-refractivity contribution in [1.82, 2.24) is 4.57 Å². The van der Waals surface area contributed by atoms with Gasteiger partial charge in [-0.15, -0.1) is 0 Å². The smallest absolute Gasteiger partial charge is 0.395 e. The number of ketones is 1.